The Hall–Kier alpha value is -3.13. The summed E-state index contributed by atoms with van der Waals surface area (Å²) >= 11 is 0. The lowest BCUT2D eigenvalue weighted by molar-refractivity contribution is -0.137. The van der Waals surface area contributed by atoms with E-state index in [4.69, 9.17) is 14.8 Å². The summed E-state index contributed by atoms with van der Waals surface area (Å²) in [5, 5.41) is 8.85. The molecule has 8 heteroatoms. The number of carbonyl (C=O) groups excluding carboxylic acids is 1. The third-order valence-electron chi connectivity index (χ3n) is 5.85. The minimum absolute atomic E-state index is 0.174. The number of nitrogens with zero attached hydrogens (tertiary/aromatic N) is 4. The third-order valence-corrected chi connectivity index (χ3v) is 5.85. The summed E-state index contributed by atoms with van der Waals surface area (Å²) in [6.07, 6.45) is 0.632. The van der Waals surface area contributed by atoms with Gasteiger partial charge in [0, 0.05) is 39.3 Å². The number of amides is 1. The van der Waals surface area contributed by atoms with Crippen molar-refractivity contribution in [1.82, 2.24) is 14.8 Å². The van der Waals surface area contributed by atoms with Crippen molar-refractivity contribution in [3.63, 3.8) is 0 Å². The van der Waals surface area contributed by atoms with Gasteiger partial charge in [0.2, 0.25) is 0 Å². The Morgan fingerprint density at radius 3 is 2.52 bits per heavy atom. The summed E-state index contributed by atoms with van der Waals surface area (Å²) in [5.41, 5.74) is 3.07. The van der Waals surface area contributed by atoms with Crippen LogP contribution in [0.15, 0.2) is 42.5 Å². The van der Waals surface area contributed by atoms with Crippen LogP contribution < -0.4 is 4.90 Å². The van der Waals surface area contributed by atoms with Crippen molar-refractivity contribution in [1.29, 1.82) is 0 Å². The van der Waals surface area contributed by atoms with Crippen LogP contribution in [-0.4, -0.2) is 71.2 Å². The minimum atomic E-state index is -0.759. The molecule has 4 rings (SSSR count). The van der Waals surface area contributed by atoms with Gasteiger partial charge >= 0.3 is 12.1 Å². The fraction of sp³-hybridized carbons (Fsp3) is 0.435. The number of aliphatic carboxylic acids is 1. The van der Waals surface area contributed by atoms with Gasteiger partial charge in [-0.3, -0.25) is 9.69 Å². The van der Waals surface area contributed by atoms with Crippen molar-refractivity contribution in [3.8, 4) is 0 Å². The molecule has 0 bridgehead atoms. The molecule has 1 fully saturated rings. The van der Waals surface area contributed by atoms with E-state index >= 15 is 0 Å². The number of rotatable bonds is 6. The number of aromatic nitrogens is 1. The maximum Gasteiger partial charge on any atom is 0.410 e. The van der Waals surface area contributed by atoms with Gasteiger partial charge in [-0.1, -0.05) is 36.4 Å². The number of hydrogen-bond acceptors (Lipinski definition) is 6. The zero-order valence-corrected chi connectivity index (χ0v) is 17.6. The number of carbonyl (C=O) groups is 2. The molecule has 0 spiro atoms. The molecular weight excluding hydrogens is 396 g/mol. The highest BCUT2D eigenvalue weighted by molar-refractivity contribution is 5.68. The van der Waals surface area contributed by atoms with E-state index in [1.54, 1.807) is 4.90 Å². The van der Waals surface area contributed by atoms with Gasteiger partial charge in [-0.2, -0.15) is 0 Å². The lowest BCUT2D eigenvalue weighted by atomic mass is 10.1. The average Bonchev–Trinajstić information content (AvgIpc) is 2.81. The average molecular weight is 425 g/mol. The van der Waals surface area contributed by atoms with Gasteiger partial charge in [0.15, 0.2) is 0 Å². The second kappa shape index (κ2) is 9.78. The highest BCUT2D eigenvalue weighted by atomic mass is 16.6. The lowest BCUT2D eigenvalue weighted by Crippen LogP contribution is -2.47. The Kier molecular flexibility index (Phi) is 6.66. The predicted molar refractivity (Wildman–Crippen MR) is 116 cm³/mol. The van der Waals surface area contributed by atoms with Crippen LogP contribution in [0.5, 0.6) is 0 Å². The van der Waals surface area contributed by atoms with E-state index in [9.17, 15) is 9.59 Å². The maximum atomic E-state index is 12.5. The topological polar surface area (TPSA) is 86.2 Å². The van der Waals surface area contributed by atoms with Crippen molar-refractivity contribution < 1.29 is 19.4 Å². The van der Waals surface area contributed by atoms with Gasteiger partial charge in [-0.05, 0) is 23.6 Å². The van der Waals surface area contributed by atoms with Crippen LogP contribution in [0.25, 0.3) is 0 Å². The Morgan fingerprint density at radius 2 is 1.77 bits per heavy atom. The normalized spacial score (nSPS) is 16.6. The minimum Gasteiger partial charge on any atom is -0.481 e. The van der Waals surface area contributed by atoms with Gasteiger partial charge in [0.05, 0.1) is 18.7 Å². The summed E-state index contributed by atoms with van der Waals surface area (Å²) in [6, 6.07) is 13.8. The first-order valence-electron chi connectivity index (χ1n) is 10.7. The smallest absolute Gasteiger partial charge is 0.410 e. The second-order valence-electron chi connectivity index (χ2n) is 7.96. The molecule has 1 aromatic heterocycles. The molecule has 31 heavy (non-hydrogen) atoms. The standard InChI is InChI=1S/C23H28N4O4/c28-22(29)9-10-25-12-14-26(15-13-25)21-7-6-19-8-11-27(16-20(19)24-21)23(30)31-17-18-4-2-1-3-5-18/h1-7H,8-17H2,(H,28,29). The number of carboxylic acids is 1. The van der Waals surface area contributed by atoms with E-state index in [2.05, 4.69) is 21.9 Å². The zero-order valence-electron chi connectivity index (χ0n) is 17.6. The maximum absolute atomic E-state index is 12.5. The summed E-state index contributed by atoms with van der Waals surface area (Å²) in [5.74, 6) is 0.154. The molecule has 1 N–H and O–H groups in total. The Morgan fingerprint density at radius 1 is 1.00 bits per heavy atom. The van der Waals surface area contributed by atoms with E-state index in [1.165, 1.54) is 5.56 Å². The Balaban J connectivity index is 1.32. The molecule has 164 valence electrons. The molecule has 0 atom stereocenters. The number of hydrogen-bond donors (Lipinski definition) is 1. The summed E-state index contributed by atoms with van der Waals surface area (Å²) < 4.78 is 5.48. The molecule has 1 saturated heterocycles. The molecule has 0 radical (unpaired) electrons. The molecule has 8 nitrogen and oxygen atoms in total. The summed E-state index contributed by atoms with van der Waals surface area (Å²) in [6.45, 7) is 5.21. The van der Waals surface area contributed by atoms with Crippen molar-refractivity contribution in [2.24, 2.45) is 0 Å². The van der Waals surface area contributed by atoms with E-state index in [1.807, 2.05) is 30.3 Å². The van der Waals surface area contributed by atoms with Crippen LogP contribution in [0.2, 0.25) is 0 Å². The molecule has 2 aliphatic heterocycles. The molecule has 2 aromatic rings. The number of piperazine rings is 1. The van der Waals surface area contributed by atoms with Crippen molar-refractivity contribution >= 4 is 17.9 Å². The lowest BCUT2D eigenvalue weighted by Gasteiger charge is -2.36. The molecule has 1 aromatic carbocycles. The van der Waals surface area contributed by atoms with Crippen LogP contribution in [0.3, 0.4) is 0 Å². The van der Waals surface area contributed by atoms with Crippen LogP contribution in [0, 0.1) is 0 Å². The van der Waals surface area contributed by atoms with Crippen molar-refractivity contribution in [3.05, 3.63) is 59.3 Å². The van der Waals surface area contributed by atoms with Crippen molar-refractivity contribution in [2.75, 3.05) is 44.2 Å². The van der Waals surface area contributed by atoms with E-state index in [0.29, 0.717) is 19.6 Å². The molecule has 0 aliphatic carbocycles. The van der Waals surface area contributed by atoms with Gasteiger partial charge < -0.3 is 19.6 Å². The second-order valence-corrected chi connectivity index (χ2v) is 7.96. The van der Waals surface area contributed by atoms with Crippen LogP contribution >= 0.6 is 0 Å². The van der Waals surface area contributed by atoms with Crippen LogP contribution in [0.1, 0.15) is 23.2 Å². The van der Waals surface area contributed by atoms with Gasteiger partial charge in [0.25, 0.3) is 0 Å². The number of fused-ring (bicyclic) bond motifs is 1. The fourth-order valence-electron chi connectivity index (χ4n) is 4.00. The van der Waals surface area contributed by atoms with E-state index in [-0.39, 0.29) is 19.1 Å². The number of carboxylic acid groups (broad SMARTS) is 1. The molecule has 2 aliphatic rings. The molecule has 1 amide bonds. The summed E-state index contributed by atoms with van der Waals surface area (Å²) in [7, 11) is 0. The first-order chi connectivity index (χ1) is 15.1. The fourth-order valence-corrected chi connectivity index (χ4v) is 4.00. The highest BCUT2D eigenvalue weighted by Crippen LogP contribution is 2.23. The largest absolute Gasteiger partial charge is 0.481 e. The zero-order chi connectivity index (χ0) is 21.6. The Bertz CT molecular complexity index is 913. The number of pyridine rings is 1. The van der Waals surface area contributed by atoms with Gasteiger partial charge in [-0.15, -0.1) is 0 Å². The SMILES string of the molecule is O=C(O)CCN1CCN(c2ccc3c(n2)CN(C(=O)OCc2ccccc2)CC3)CC1. The van der Waals surface area contributed by atoms with Crippen molar-refractivity contribution in [2.45, 2.75) is 26.0 Å². The van der Waals surface area contributed by atoms with Gasteiger partial charge in [0.1, 0.15) is 12.4 Å². The highest BCUT2D eigenvalue weighted by Gasteiger charge is 2.25. The quantitative estimate of drug-likeness (QED) is 0.762. The predicted octanol–water partition coefficient (Wildman–Crippen LogP) is 2.37. The first-order valence-corrected chi connectivity index (χ1v) is 10.7. The number of anilines is 1. The first kappa shape index (κ1) is 21.1. The van der Waals surface area contributed by atoms with Crippen LogP contribution in [-0.2, 0) is 29.1 Å². The Labute approximate surface area is 182 Å². The van der Waals surface area contributed by atoms with Gasteiger partial charge in [-0.25, -0.2) is 9.78 Å². The van der Waals surface area contributed by atoms with E-state index < -0.39 is 5.97 Å². The van der Waals surface area contributed by atoms with Crippen LogP contribution in [0.4, 0.5) is 10.6 Å². The number of ether oxygens (including phenoxy) is 1. The molecule has 3 heterocycles. The van der Waals surface area contributed by atoms with E-state index in [0.717, 1.165) is 49.7 Å². The molecule has 0 saturated carbocycles. The molecular formula is C23H28N4O4. The number of benzene rings is 1. The summed E-state index contributed by atoms with van der Waals surface area (Å²) in [4.78, 5) is 34.3. The molecule has 0 unspecified atom stereocenters. The monoisotopic (exact) mass is 424 g/mol. The third kappa shape index (κ3) is 5.52.